The molecule has 1 aromatic carbocycles. The van der Waals surface area contributed by atoms with Crippen molar-refractivity contribution in [2.75, 3.05) is 0 Å². The number of rotatable bonds is 2. The fourth-order valence-electron chi connectivity index (χ4n) is 4.77. The van der Waals surface area contributed by atoms with Crippen molar-refractivity contribution in [3.8, 4) is 0 Å². The SMILES string of the molecule is CC1(C)CCC(O[SiH3])(c2cccc3c2C(=O)NC3=O)C(C(C)(C)C)C1. The molecule has 2 amide bonds. The second kappa shape index (κ2) is 5.78. The number of fused-ring (bicyclic) bond motifs is 1. The number of carbonyl (C=O) groups excluding carboxylic acids is 2. The molecular weight excluding hydrogens is 330 g/mol. The number of amides is 2. The van der Waals surface area contributed by atoms with Crippen LogP contribution >= 0.6 is 0 Å². The molecule has 1 saturated carbocycles. The molecular formula is C20H29NO3Si. The Morgan fingerprint density at radius 2 is 1.84 bits per heavy atom. The van der Waals surface area contributed by atoms with Gasteiger partial charge in [0.25, 0.3) is 11.8 Å². The van der Waals surface area contributed by atoms with Gasteiger partial charge in [-0.3, -0.25) is 14.9 Å². The van der Waals surface area contributed by atoms with Crippen LogP contribution in [0.3, 0.4) is 0 Å². The predicted octanol–water partition coefficient (Wildman–Crippen LogP) is 2.93. The maximum Gasteiger partial charge on any atom is 0.259 e. The van der Waals surface area contributed by atoms with Crippen molar-refractivity contribution in [2.24, 2.45) is 16.7 Å². The van der Waals surface area contributed by atoms with Crippen LogP contribution in [0.15, 0.2) is 18.2 Å². The molecule has 4 nitrogen and oxygen atoms in total. The number of nitrogens with one attached hydrogen (secondary N) is 1. The molecule has 136 valence electrons. The van der Waals surface area contributed by atoms with Gasteiger partial charge in [0.1, 0.15) is 10.5 Å². The van der Waals surface area contributed by atoms with E-state index in [1.807, 2.05) is 12.1 Å². The molecule has 25 heavy (non-hydrogen) atoms. The fraction of sp³-hybridized carbons (Fsp3) is 0.600. The first-order chi connectivity index (χ1) is 11.5. The van der Waals surface area contributed by atoms with Gasteiger partial charge in [-0.2, -0.15) is 0 Å². The average Bonchev–Trinajstić information content (AvgIpc) is 2.81. The minimum absolute atomic E-state index is 0.0317. The zero-order chi connectivity index (χ0) is 18.6. The minimum Gasteiger partial charge on any atom is -0.418 e. The summed E-state index contributed by atoms with van der Waals surface area (Å²) in [6.07, 6.45) is 2.96. The highest BCUT2D eigenvalue weighted by Crippen LogP contribution is 2.57. The highest BCUT2D eigenvalue weighted by atomic mass is 28.2. The summed E-state index contributed by atoms with van der Waals surface area (Å²) in [6, 6.07) is 5.61. The number of imide groups is 1. The largest absolute Gasteiger partial charge is 0.418 e. The van der Waals surface area contributed by atoms with Crippen molar-refractivity contribution in [3.05, 3.63) is 34.9 Å². The molecule has 2 atom stereocenters. The lowest BCUT2D eigenvalue weighted by Gasteiger charge is -2.54. The maximum absolute atomic E-state index is 12.5. The van der Waals surface area contributed by atoms with Crippen molar-refractivity contribution in [3.63, 3.8) is 0 Å². The van der Waals surface area contributed by atoms with E-state index < -0.39 is 5.60 Å². The van der Waals surface area contributed by atoms with E-state index in [2.05, 4.69) is 39.9 Å². The normalized spacial score (nSPS) is 28.8. The van der Waals surface area contributed by atoms with Crippen molar-refractivity contribution < 1.29 is 14.0 Å². The molecule has 5 heteroatoms. The Bertz CT molecular complexity index is 735. The van der Waals surface area contributed by atoms with Crippen LogP contribution in [0.25, 0.3) is 0 Å². The smallest absolute Gasteiger partial charge is 0.259 e. The van der Waals surface area contributed by atoms with Crippen LogP contribution in [0.2, 0.25) is 0 Å². The Morgan fingerprint density at radius 1 is 1.16 bits per heavy atom. The van der Waals surface area contributed by atoms with Gasteiger partial charge in [-0.15, -0.1) is 0 Å². The van der Waals surface area contributed by atoms with Crippen LogP contribution in [0.5, 0.6) is 0 Å². The standard InChI is InChI=1S/C20H29NO3Si/c1-18(2,3)14-11-19(4,5)9-10-20(14,24-25)13-8-6-7-12-15(13)17(23)21-16(12)22/h6-8,14H,9-11H2,1-5,25H3,(H,21,22,23). The van der Waals surface area contributed by atoms with Gasteiger partial charge >= 0.3 is 0 Å². The molecule has 1 fully saturated rings. The molecule has 2 aliphatic rings. The van der Waals surface area contributed by atoms with E-state index in [9.17, 15) is 9.59 Å². The van der Waals surface area contributed by atoms with Crippen LogP contribution in [-0.4, -0.2) is 22.3 Å². The molecule has 1 heterocycles. The minimum atomic E-state index is -0.493. The summed E-state index contributed by atoms with van der Waals surface area (Å²) in [4.78, 5) is 24.6. The highest BCUT2D eigenvalue weighted by Gasteiger charge is 2.53. The van der Waals surface area contributed by atoms with Gasteiger partial charge in [-0.25, -0.2) is 0 Å². The van der Waals surface area contributed by atoms with Gasteiger partial charge in [0.15, 0.2) is 0 Å². The van der Waals surface area contributed by atoms with Gasteiger partial charge in [-0.05, 0) is 47.6 Å². The summed E-state index contributed by atoms with van der Waals surface area (Å²) in [5, 5.41) is 2.45. The molecule has 2 unspecified atom stereocenters. The quantitative estimate of drug-likeness (QED) is 0.652. The third kappa shape index (κ3) is 2.87. The van der Waals surface area contributed by atoms with Gasteiger partial charge in [0.05, 0.1) is 16.7 Å². The van der Waals surface area contributed by atoms with Gasteiger partial charge in [0, 0.05) is 0 Å². The van der Waals surface area contributed by atoms with E-state index in [-0.39, 0.29) is 28.6 Å². The molecule has 3 rings (SSSR count). The lowest BCUT2D eigenvalue weighted by atomic mass is 9.55. The van der Waals surface area contributed by atoms with Crippen LogP contribution < -0.4 is 5.32 Å². The molecule has 0 bridgehead atoms. The summed E-state index contributed by atoms with van der Waals surface area (Å²) >= 11 is 0. The van der Waals surface area contributed by atoms with Crippen molar-refractivity contribution in [1.82, 2.24) is 5.32 Å². The maximum atomic E-state index is 12.5. The van der Waals surface area contributed by atoms with Gasteiger partial charge in [-0.1, -0.05) is 46.8 Å². The summed E-state index contributed by atoms with van der Waals surface area (Å²) in [5.41, 5.74) is 1.70. The monoisotopic (exact) mass is 359 g/mol. The van der Waals surface area contributed by atoms with Crippen molar-refractivity contribution in [1.29, 1.82) is 0 Å². The van der Waals surface area contributed by atoms with E-state index in [0.717, 1.165) is 24.8 Å². The Balaban J connectivity index is 2.22. The second-order valence-corrected chi connectivity index (χ2v) is 9.80. The number of benzene rings is 1. The third-order valence-corrected chi connectivity index (χ3v) is 6.85. The number of hydrogen-bond acceptors (Lipinski definition) is 3. The average molecular weight is 360 g/mol. The van der Waals surface area contributed by atoms with E-state index >= 15 is 0 Å². The molecule has 1 N–H and O–H groups in total. The zero-order valence-electron chi connectivity index (χ0n) is 16.2. The van der Waals surface area contributed by atoms with E-state index in [1.165, 1.54) is 0 Å². The molecule has 0 saturated heterocycles. The Kier molecular flexibility index (Phi) is 4.24. The van der Waals surface area contributed by atoms with E-state index in [1.54, 1.807) is 6.07 Å². The summed E-state index contributed by atoms with van der Waals surface area (Å²) < 4.78 is 6.35. The van der Waals surface area contributed by atoms with E-state index in [0.29, 0.717) is 21.6 Å². The molecule has 1 aliphatic heterocycles. The van der Waals surface area contributed by atoms with Crippen LogP contribution in [0, 0.1) is 16.7 Å². The van der Waals surface area contributed by atoms with Crippen LogP contribution in [0.4, 0.5) is 0 Å². The van der Waals surface area contributed by atoms with Crippen LogP contribution in [-0.2, 0) is 10.0 Å². The van der Waals surface area contributed by atoms with Crippen molar-refractivity contribution in [2.45, 2.75) is 59.5 Å². The highest BCUT2D eigenvalue weighted by molar-refractivity contribution is 6.22. The molecule has 0 aromatic heterocycles. The molecule has 0 radical (unpaired) electrons. The molecule has 1 aromatic rings. The Labute approximate surface area is 153 Å². The lowest BCUT2D eigenvalue weighted by Crippen LogP contribution is -2.50. The first kappa shape index (κ1) is 18.3. The second-order valence-electron chi connectivity index (χ2n) is 9.39. The summed E-state index contributed by atoms with van der Waals surface area (Å²) in [6.45, 7) is 11.4. The molecule has 0 spiro atoms. The van der Waals surface area contributed by atoms with Gasteiger partial charge in [0.2, 0.25) is 0 Å². The molecule has 1 aliphatic carbocycles. The van der Waals surface area contributed by atoms with Crippen molar-refractivity contribution >= 4 is 22.3 Å². The summed E-state index contributed by atoms with van der Waals surface area (Å²) in [5.74, 6) is -0.309. The van der Waals surface area contributed by atoms with Crippen LogP contribution in [0.1, 0.15) is 80.2 Å². The fourth-order valence-corrected chi connectivity index (χ4v) is 5.48. The third-order valence-electron chi connectivity index (χ3n) is 6.12. The van der Waals surface area contributed by atoms with E-state index in [4.69, 9.17) is 4.43 Å². The summed E-state index contributed by atoms with van der Waals surface area (Å²) in [7, 11) is 0.585. The Morgan fingerprint density at radius 3 is 2.44 bits per heavy atom. The number of hydrogen-bond donors (Lipinski definition) is 1. The zero-order valence-corrected chi connectivity index (χ0v) is 18.2. The predicted molar refractivity (Wildman–Crippen MR) is 102 cm³/mol. The first-order valence-corrected chi connectivity index (χ1v) is 9.88. The first-order valence-electron chi connectivity index (χ1n) is 9.06. The van der Waals surface area contributed by atoms with Gasteiger partial charge < -0.3 is 4.43 Å². The topological polar surface area (TPSA) is 55.4 Å². The number of carbonyl (C=O) groups is 2. The Hall–Kier alpha value is -1.46. The lowest BCUT2D eigenvalue weighted by molar-refractivity contribution is -0.102.